The summed E-state index contributed by atoms with van der Waals surface area (Å²) in [6.07, 6.45) is 2.78. The van der Waals surface area contributed by atoms with Crippen molar-refractivity contribution in [2.45, 2.75) is 0 Å². The minimum Gasteiger partial charge on any atom is -0.378 e. The molecule has 2 aromatic rings. The minimum atomic E-state index is -0.570. The second-order valence-corrected chi connectivity index (χ2v) is 5.86. The van der Waals surface area contributed by atoms with Crippen LogP contribution in [0.2, 0.25) is 5.02 Å². The second kappa shape index (κ2) is 7.58. The van der Waals surface area contributed by atoms with E-state index in [0.717, 1.165) is 6.07 Å². The maximum atomic E-state index is 13.2. The number of hydrogen-bond acceptors (Lipinski definition) is 4. The van der Waals surface area contributed by atoms with Gasteiger partial charge in [0.2, 0.25) is 0 Å². The molecule has 0 bridgehead atoms. The molecule has 8 heteroatoms. The first-order valence-electron chi connectivity index (χ1n) is 7.63. The Bertz CT molecular complexity index is 809. The Balaban J connectivity index is 1.74. The van der Waals surface area contributed by atoms with E-state index in [4.69, 9.17) is 16.3 Å². The topological polar surface area (TPSA) is 71.5 Å². The monoisotopic (exact) mass is 363 g/mol. The fourth-order valence-electron chi connectivity index (χ4n) is 2.41. The van der Waals surface area contributed by atoms with Gasteiger partial charge in [0.25, 0.3) is 11.8 Å². The molecule has 0 spiro atoms. The fraction of sp³-hybridized carbons (Fsp3) is 0.235. The molecule has 1 aromatic carbocycles. The summed E-state index contributed by atoms with van der Waals surface area (Å²) in [5.41, 5.74) is 0.896. The lowest BCUT2D eigenvalue weighted by molar-refractivity contribution is 0.0302. The first-order chi connectivity index (χ1) is 12.0. The van der Waals surface area contributed by atoms with E-state index in [0.29, 0.717) is 37.6 Å². The van der Waals surface area contributed by atoms with Gasteiger partial charge in [-0.3, -0.25) is 14.6 Å². The number of aromatic nitrogens is 1. The van der Waals surface area contributed by atoms with Crippen molar-refractivity contribution in [2.75, 3.05) is 31.6 Å². The molecule has 2 heterocycles. The van der Waals surface area contributed by atoms with E-state index < -0.39 is 11.7 Å². The highest BCUT2D eigenvalue weighted by atomic mass is 35.5. The standard InChI is InChI=1S/C17H15ClFN3O3/c18-14-8-13(1-2-15(14)19)21-16(23)11-7-12(10-20-9-11)17(24)22-3-5-25-6-4-22/h1-2,7-10H,3-6H2,(H,21,23). The van der Waals surface area contributed by atoms with E-state index >= 15 is 0 Å². The van der Waals surface area contributed by atoms with E-state index in [1.165, 1.54) is 30.6 Å². The highest BCUT2D eigenvalue weighted by Crippen LogP contribution is 2.20. The quantitative estimate of drug-likeness (QED) is 0.909. The number of carbonyl (C=O) groups excluding carboxylic acids is 2. The maximum Gasteiger partial charge on any atom is 0.257 e. The lowest BCUT2D eigenvalue weighted by atomic mass is 10.1. The summed E-state index contributed by atoms with van der Waals surface area (Å²) in [7, 11) is 0. The molecule has 1 saturated heterocycles. The maximum absolute atomic E-state index is 13.2. The summed E-state index contributed by atoms with van der Waals surface area (Å²) in [6, 6.07) is 5.35. The number of benzene rings is 1. The Morgan fingerprint density at radius 1 is 1.16 bits per heavy atom. The van der Waals surface area contributed by atoms with E-state index in [9.17, 15) is 14.0 Å². The molecule has 0 atom stereocenters. The highest BCUT2D eigenvalue weighted by molar-refractivity contribution is 6.31. The minimum absolute atomic E-state index is 0.0906. The zero-order valence-corrected chi connectivity index (χ0v) is 13.9. The smallest absolute Gasteiger partial charge is 0.257 e. The average molecular weight is 364 g/mol. The van der Waals surface area contributed by atoms with Gasteiger partial charge in [-0.15, -0.1) is 0 Å². The van der Waals surface area contributed by atoms with Crippen molar-refractivity contribution >= 4 is 29.1 Å². The Morgan fingerprint density at radius 3 is 2.60 bits per heavy atom. The molecule has 2 amide bonds. The molecule has 0 saturated carbocycles. The largest absolute Gasteiger partial charge is 0.378 e. The lowest BCUT2D eigenvalue weighted by Crippen LogP contribution is -2.40. The molecule has 3 rings (SSSR count). The molecule has 0 radical (unpaired) electrons. The van der Waals surface area contributed by atoms with Crippen molar-refractivity contribution in [2.24, 2.45) is 0 Å². The summed E-state index contributed by atoms with van der Waals surface area (Å²) >= 11 is 5.70. The summed E-state index contributed by atoms with van der Waals surface area (Å²) in [5, 5.41) is 2.51. The van der Waals surface area contributed by atoms with E-state index in [1.54, 1.807) is 4.90 Å². The number of carbonyl (C=O) groups is 2. The average Bonchev–Trinajstić information content (AvgIpc) is 2.65. The van der Waals surface area contributed by atoms with Gasteiger partial charge in [0.05, 0.1) is 29.4 Å². The number of anilines is 1. The summed E-state index contributed by atoms with van der Waals surface area (Å²) in [6.45, 7) is 1.99. The SMILES string of the molecule is O=C(Nc1ccc(F)c(Cl)c1)c1cncc(C(=O)N2CCOCC2)c1. The predicted molar refractivity (Wildman–Crippen MR) is 90.3 cm³/mol. The second-order valence-electron chi connectivity index (χ2n) is 5.45. The van der Waals surface area contributed by atoms with Crippen LogP contribution in [0.15, 0.2) is 36.7 Å². The first-order valence-corrected chi connectivity index (χ1v) is 8.01. The molecule has 1 aliphatic heterocycles. The Labute approximate surface area is 148 Å². The molecular weight excluding hydrogens is 349 g/mol. The molecule has 6 nitrogen and oxygen atoms in total. The molecule has 1 N–H and O–H groups in total. The van der Waals surface area contributed by atoms with Gasteiger partial charge in [-0.1, -0.05) is 11.6 Å². The number of nitrogens with zero attached hydrogens (tertiary/aromatic N) is 2. The molecule has 1 aliphatic rings. The van der Waals surface area contributed by atoms with Crippen LogP contribution in [0, 0.1) is 5.82 Å². The van der Waals surface area contributed by atoms with Gasteiger partial charge >= 0.3 is 0 Å². The summed E-state index contributed by atoms with van der Waals surface area (Å²) < 4.78 is 18.4. The number of ether oxygens (including phenoxy) is 1. The molecule has 0 unspecified atom stereocenters. The molecule has 0 aliphatic carbocycles. The zero-order chi connectivity index (χ0) is 17.8. The van der Waals surface area contributed by atoms with Crippen molar-refractivity contribution in [1.82, 2.24) is 9.88 Å². The van der Waals surface area contributed by atoms with Crippen LogP contribution < -0.4 is 5.32 Å². The number of morpholine rings is 1. The van der Waals surface area contributed by atoms with Crippen LogP contribution in [-0.4, -0.2) is 48.0 Å². The third-order valence-corrected chi connectivity index (χ3v) is 4.01. The van der Waals surface area contributed by atoms with Gasteiger partial charge in [0.15, 0.2) is 0 Å². The van der Waals surface area contributed by atoms with Crippen LogP contribution in [0.1, 0.15) is 20.7 Å². The van der Waals surface area contributed by atoms with Crippen molar-refractivity contribution in [3.05, 3.63) is 58.6 Å². The van der Waals surface area contributed by atoms with Gasteiger partial charge < -0.3 is 15.0 Å². The van der Waals surface area contributed by atoms with Gasteiger partial charge in [-0.2, -0.15) is 0 Å². The van der Waals surface area contributed by atoms with Crippen LogP contribution in [0.4, 0.5) is 10.1 Å². The number of hydrogen-bond donors (Lipinski definition) is 1. The third-order valence-electron chi connectivity index (χ3n) is 3.72. The van der Waals surface area contributed by atoms with Crippen LogP contribution in [0.25, 0.3) is 0 Å². The lowest BCUT2D eigenvalue weighted by Gasteiger charge is -2.26. The molecule has 1 fully saturated rings. The summed E-state index contributed by atoms with van der Waals surface area (Å²) in [5.74, 6) is -1.23. The van der Waals surface area contributed by atoms with Crippen molar-refractivity contribution in [3.63, 3.8) is 0 Å². The molecule has 25 heavy (non-hydrogen) atoms. The molecular formula is C17H15ClFN3O3. The molecule has 1 aromatic heterocycles. The molecule has 130 valence electrons. The first kappa shape index (κ1) is 17.3. The predicted octanol–water partition coefficient (Wildman–Crippen LogP) is 2.60. The number of halogens is 2. The van der Waals surface area contributed by atoms with Gasteiger partial charge in [-0.05, 0) is 24.3 Å². The van der Waals surface area contributed by atoms with Crippen LogP contribution in [0.5, 0.6) is 0 Å². The third kappa shape index (κ3) is 4.12. The van der Waals surface area contributed by atoms with Crippen LogP contribution in [0.3, 0.4) is 0 Å². The van der Waals surface area contributed by atoms with Gasteiger partial charge in [-0.25, -0.2) is 4.39 Å². The Kier molecular flexibility index (Phi) is 5.25. The number of nitrogens with one attached hydrogen (secondary N) is 1. The van der Waals surface area contributed by atoms with E-state index in [-0.39, 0.29) is 16.5 Å². The van der Waals surface area contributed by atoms with Crippen molar-refractivity contribution < 1.29 is 18.7 Å². The zero-order valence-electron chi connectivity index (χ0n) is 13.2. The van der Waals surface area contributed by atoms with E-state index in [2.05, 4.69) is 10.3 Å². The van der Waals surface area contributed by atoms with Crippen molar-refractivity contribution in [3.8, 4) is 0 Å². The highest BCUT2D eigenvalue weighted by Gasteiger charge is 2.20. The Hall–Kier alpha value is -2.51. The van der Waals surface area contributed by atoms with Gasteiger partial charge in [0.1, 0.15) is 5.82 Å². The van der Waals surface area contributed by atoms with Crippen LogP contribution >= 0.6 is 11.6 Å². The van der Waals surface area contributed by atoms with E-state index in [1.807, 2.05) is 0 Å². The number of amides is 2. The number of rotatable bonds is 3. The number of pyridine rings is 1. The Morgan fingerprint density at radius 2 is 1.88 bits per heavy atom. The fourth-order valence-corrected chi connectivity index (χ4v) is 2.59. The summed E-state index contributed by atoms with van der Waals surface area (Å²) in [4.78, 5) is 30.4. The van der Waals surface area contributed by atoms with Gasteiger partial charge in [0, 0.05) is 31.2 Å². The van der Waals surface area contributed by atoms with Crippen molar-refractivity contribution in [1.29, 1.82) is 0 Å². The normalized spacial score (nSPS) is 14.2. The van der Waals surface area contributed by atoms with Crippen LogP contribution in [-0.2, 0) is 4.74 Å².